The van der Waals surface area contributed by atoms with E-state index in [-0.39, 0.29) is 17.2 Å². The lowest BCUT2D eigenvalue weighted by atomic mass is 9.95. The van der Waals surface area contributed by atoms with Crippen LogP contribution in [-0.4, -0.2) is 21.3 Å². The second kappa shape index (κ2) is 4.21. The summed E-state index contributed by atoms with van der Waals surface area (Å²) in [5, 5.41) is 27.6. The van der Waals surface area contributed by atoms with Gasteiger partial charge in [-0.15, -0.1) is 0 Å². The Morgan fingerprint density at radius 2 is 1.93 bits per heavy atom. The van der Waals surface area contributed by atoms with Gasteiger partial charge in [0.05, 0.1) is 0 Å². The van der Waals surface area contributed by atoms with Crippen molar-refractivity contribution < 1.29 is 20.1 Å². The van der Waals surface area contributed by atoms with Crippen molar-refractivity contribution in [2.45, 2.75) is 26.2 Å². The number of carboxylic acids is 1. The molecule has 0 spiro atoms. The average molecular weight is 210 g/mol. The number of benzene rings is 1. The molecule has 1 rings (SSSR count). The topological polar surface area (TPSA) is 77.8 Å². The summed E-state index contributed by atoms with van der Waals surface area (Å²) in [6, 6.07) is 2.39. The Bertz CT molecular complexity index is 384. The van der Waals surface area contributed by atoms with Crippen molar-refractivity contribution >= 4 is 5.97 Å². The minimum atomic E-state index is -1.20. The molecule has 15 heavy (non-hydrogen) atoms. The molecule has 0 amide bonds. The molecule has 0 aliphatic heterocycles. The van der Waals surface area contributed by atoms with Crippen molar-refractivity contribution in [2.24, 2.45) is 0 Å². The zero-order valence-corrected chi connectivity index (χ0v) is 8.69. The van der Waals surface area contributed by atoms with E-state index in [1.165, 1.54) is 6.07 Å². The van der Waals surface area contributed by atoms with Crippen molar-refractivity contribution in [2.75, 3.05) is 0 Å². The molecule has 0 saturated heterocycles. The summed E-state index contributed by atoms with van der Waals surface area (Å²) in [7, 11) is 0. The van der Waals surface area contributed by atoms with Crippen LogP contribution in [0.2, 0.25) is 0 Å². The van der Waals surface area contributed by atoms with Crippen LogP contribution in [0, 0.1) is 0 Å². The van der Waals surface area contributed by atoms with Gasteiger partial charge in [-0.05, 0) is 24.0 Å². The highest BCUT2D eigenvalue weighted by atomic mass is 16.4. The number of carboxylic acid groups (broad SMARTS) is 1. The number of phenolic OH excluding ortho intramolecular Hbond substituents is 1. The third-order valence-electron chi connectivity index (χ3n) is 2.52. The van der Waals surface area contributed by atoms with E-state index in [0.717, 1.165) is 12.5 Å². The third-order valence-corrected chi connectivity index (χ3v) is 2.52. The van der Waals surface area contributed by atoms with Crippen LogP contribution in [0.4, 0.5) is 0 Å². The highest BCUT2D eigenvalue weighted by Crippen LogP contribution is 2.33. The zero-order chi connectivity index (χ0) is 11.6. The van der Waals surface area contributed by atoms with E-state index >= 15 is 0 Å². The highest BCUT2D eigenvalue weighted by Gasteiger charge is 2.16. The molecule has 0 heterocycles. The summed E-state index contributed by atoms with van der Waals surface area (Å²) < 4.78 is 0. The summed E-state index contributed by atoms with van der Waals surface area (Å²) in [5.74, 6) is -1.61. The molecule has 1 aromatic carbocycles. The molecule has 0 aliphatic rings. The summed E-state index contributed by atoms with van der Waals surface area (Å²) in [4.78, 5) is 10.8. The molecule has 0 radical (unpaired) electrons. The predicted octanol–water partition coefficient (Wildman–Crippen LogP) is 2.31. The first kappa shape index (κ1) is 11.4. The molecule has 1 unspecified atom stereocenters. The number of aromatic hydroxyl groups is 2. The summed E-state index contributed by atoms with van der Waals surface area (Å²) in [6.45, 7) is 3.83. The smallest absolute Gasteiger partial charge is 0.339 e. The first-order chi connectivity index (χ1) is 6.97. The van der Waals surface area contributed by atoms with Crippen molar-refractivity contribution in [3.63, 3.8) is 0 Å². The van der Waals surface area contributed by atoms with Gasteiger partial charge in [0.15, 0.2) is 0 Å². The molecule has 0 fully saturated rings. The van der Waals surface area contributed by atoms with Gasteiger partial charge in [0.1, 0.15) is 17.1 Å². The molecule has 1 atom stereocenters. The van der Waals surface area contributed by atoms with Gasteiger partial charge in [0, 0.05) is 6.07 Å². The molecule has 4 heteroatoms. The first-order valence-electron chi connectivity index (χ1n) is 4.76. The molecule has 1 aromatic rings. The van der Waals surface area contributed by atoms with Crippen LogP contribution < -0.4 is 0 Å². The Morgan fingerprint density at radius 1 is 1.33 bits per heavy atom. The zero-order valence-electron chi connectivity index (χ0n) is 8.69. The Hall–Kier alpha value is -1.71. The molecule has 0 aromatic heterocycles. The van der Waals surface area contributed by atoms with Crippen LogP contribution in [0.25, 0.3) is 0 Å². The van der Waals surface area contributed by atoms with E-state index in [0.29, 0.717) is 5.56 Å². The van der Waals surface area contributed by atoms with Gasteiger partial charge in [-0.1, -0.05) is 13.8 Å². The van der Waals surface area contributed by atoms with Gasteiger partial charge < -0.3 is 15.3 Å². The highest BCUT2D eigenvalue weighted by molar-refractivity contribution is 5.91. The standard InChI is InChI=1S/C11H14O4/c1-3-6(2)7-4-8(11(14)15)10(13)5-9(7)12/h4-6,12-13H,3H2,1-2H3,(H,14,15). The minimum Gasteiger partial charge on any atom is -0.508 e. The van der Waals surface area contributed by atoms with E-state index in [1.807, 2.05) is 13.8 Å². The Labute approximate surface area is 87.8 Å². The van der Waals surface area contributed by atoms with Crippen molar-refractivity contribution in [1.82, 2.24) is 0 Å². The van der Waals surface area contributed by atoms with E-state index < -0.39 is 11.7 Å². The molecule has 0 bridgehead atoms. The van der Waals surface area contributed by atoms with E-state index in [1.54, 1.807) is 0 Å². The molecule has 0 aliphatic carbocycles. The molecule has 82 valence electrons. The molecule has 4 nitrogen and oxygen atoms in total. The van der Waals surface area contributed by atoms with Crippen LogP contribution in [-0.2, 0) is 0 Å². The number of hydrogen-bond donors (Lipinski definition) is 3. The first-order valence-corrected chi connectivity index (χ1v) is 4.76. The second-order valence-electron chi connectivity index (χ2n) is 3.54. The number of rotatable bonds is 3. The second-order valence-corrected chi connectivity index (χ2v) is 3.54. The quantitative estimate of drug-likeness (QED) is 0.715. The Balaban J connectivity index is 3.29. The number of aromatic carboxylic acids is 1. The van der Waals surface area contributed by atoms with Gasteiger partial charge in [-0.25, -0.2) is 4.79 Å². The summed E-state index contributed by atoms with van der Waals surface area (Å²) in [5.41, 5.74) is 0.371. The predicted molar refractivity (Wildman–Crippen MR) is 55.4 cm³/mol. The number of phenols is 2. The Morgan fingerprint density at radius 3 is 2.40 bits per heavy atom. The lowest BCUT2D eigenvalue weighted by Gasteiger charge is -2.12. The Kier molecular flexibility index (Phi) is 3.19. The maximum atomic E-state index is 10.8. The SMILES string of the molecule is CCC(C)c1cc(C(=O)O)c(O)cc1O. The fourth-order valence-corrected chi connectivity index (χ4v) is 1.38. The number of carbonyl (C=O) groups is 1. The largest absolute Gasteiger partial charge is 0.508 e. The van der Waals surface area contributed by atoms with Gasteiger partial charge in [-0.2, -0.15) is 0 Å². The summed E-state index contributed by atoms with van der Waals surface area (Å²) in [6.07, 6.45) is 0.789. The lowest BCUT2D eigenvalue weighted by molar-refractivity contribution is 0.0693. The maximum absolute atomic E-state index is 10.8. The van der Waals surface area contributed by atoms with E-state index in [4.69, 9.17) is 5.11 Å². The maximum Gasteiger partial charge on any atom is 0.339 e. The van der Waals surface area contributed by atoms with Gasteiger partial charge in [0.2, 0.25) is 0 Å². The fourth-order valence-electron chi connectivity index (χ4n) is 1.38. The third kappa shape index (κ3) is 2.21. The van der Waals surface area contributed by atoms with E-state index in [9.17, 15) is 15.0 Å². The lowest BCUT2D eigenvalue weighted by Crippen LogP contribution is -2.00. The number of hydrogen-bond acceptors (Lipinski definition) is 3. The fraction of sp³-hybridized carbons (Fsp3) is 0.364. The summed E-state index contributed by atoms with van der Waals surface area (Å²) >= 11 is 0. The van der Waals surface area contributed by atoms with Crippen molar-refractivity contribution in [3.8, 4) is 11.5 Å². The van der Waals surface area contributed by atoms with Crippen LogP contribution in [0.5, 0.6) is 11.5 Å². The average Bonchev–Trinajstić information content (AvgIpc) is 2.16. The van der Waals surface area contributed by atoms with Crippen molar-refractivity contribution in [1.29, 1.82) is 0 Å². The molecule has 3 N–H and O–H groups in total. The molecule has 0 saturated carbocycles. The van der Waals surface area contributed by atoms with Gasteiger partial charge in [0.25, 0.3) is 0 Å². The minimum absolute atomic E-state index is 0.0590. The van der Waals surface area contributed by atoms with Gasteiger partial charge in [-0.3, -0.25) is 0 Å². The van der Waals surface area contributed by atoms with Crippen LogP contribution in [0.3, 0.4) is 0 Å². The van der Waals surface area contributed by atoms with Crippen LogP contribution >= 0.6 is 0 Å². The van der Waals surface area contributed by atoms with Gasteiger partial charge >= 0.3 is 5.97 Å². The monoisotopic (exact) mass is 210 g/mol. The van der Waals surface area contributed by atoms with Crippen LogP contribution in [0.1, 0.15) is 42.1 Å². The van der Waals surface area contributed by atoms with Crippen molar-refractivity contribution in [3.05, 3.63) is 23.3 Å². The van der Waals surface area contributed by atoms with E-state index in [2.05, 4.69) is 0 Å². The molecular weight excluding hydrogens is 196 g/mol. The molecular formula is C11H14O4. The van der Waals surface area contributed by atoms with Crippen LogP contribution in [0.15, 0.2) is 12.1 Å². The normalized spacial score (nSPS) is 12.4.